The van der Waals surface area contributed by atoms with Crippen LogP contribution in [0.25, 0.3) is 0 Å². The molecule has 0 rings (SSSR count). The molecule has 0 aliphatic carbocycles. The number of hydrogen-bond acceptors (Lipinski definition) is 3. The fourth-order valence-electron chi connectivity index (χ4n) is 0.921. The molecule has 0 unspecified atom stereocenters. The quantitative estimate of drug-likeness (QED) is 0.458. The molecule has 15 heavy (non-hydrogen) atoms. The van der Waals surface area contributed by atoms with Crippen LogP contribution >= 0.6 is 0 Å². The number of rotatable bonds is 8. The van der Waals surface area contributed by atoms with Gasteiger partial charge in [-0.1, -0.05) is 13.8 Å². The lowest BCUT2D eigenvalue weighted by atomic mass is 10.3. The predicted molar refractivity (Wildman–Crippen MR) is 60.6 cm³/mol. The van der Waals surface area contributed by atoms with E-state index < -0.39 is 0 Å². The Morgan fingerprint density at radius 1 is 1.07 bits per heavy atom. The summed E-state index contributed by atoms with van der Waals surface area (Å²) in [4.78, 5) is 22.0. The second kappa shape index (κ2) is 9.40. The highest BCUT2D eigenvalue weighted by atomic mass is 16.1. The Morgan fingerprint density at radius 3 is 2.40 bits per heavy atom. The van der Waals surface area contributed by atoms with Gasteiger partial charge in [0, 0.05) is 25.6 Å². The van der Waals surface area contributed by atoms with E-state index in [0.717, 1.165) is 19.5 Å². The third-order valence-electron chi connectivity index (χ3n) is 1.80. The summed E-state index contributed by atoms with van der Waals surface area (Å²) < 4.78 is 0. The van der Waals surface area contributed by atoms with Gasteiger partial charge in [-0.15, -0.1) is 0 Å². The Morgan fingerprint density at radius 2 is 1.80 bits per heavy atom. The average molecular weight is 212 g/mol. The second-order valence-corrected chi connectivity index (χ2v) is 3.19. The summed E-state index contributed by atoms with van der Waals surface area (Å²) in [6.45, 7) is 6.16. The Balaban J connectivity index is 3.49. The molecule has 0 atom stereocenters. The average Bonchev–Trinajstić information content (AvgIpc) is 2.25. The number of nitrogens with one attached hydrogen (secondary N) is 2. The molecule has 0 aromatic rings. The van der Waals surface area contributed by atoms with Crippen molar-refractivity contribution in [2.24, 2.45) is 0 Å². The van der Waals surface area contributed by atoms with Crippen LogP contribution in [0.1, 0.15) is 26.7 Å². The van der Waals surface area contributed by atoms with E-state index in [1.54, 1.807) is 6.92 Å². The summed E-state index contributed by atoms with van der Waals surface area (Å²) in [5, 5.41) is 5.84. The Labute approximate surface area is 91.1 Å². The molecule has 0 heterocycles. The first kappa shape index (κ1) is 13.8. The van der Waals surface area contributed by atoms with Crippen LogP contribution in [-0.2, 0) is 9.59 Å². The molecule has 86 valence electrons. The minimum Gasteiger partial charge on any atom is -0.351 e. The topological polar surface area (TPSA) is 58.2 Å². The lowest BCUT2D eigenvalue weighted by molar-refractivity contribution is -0.117. The van der Waals surface area contributed by atoms with Crippen molar-refractivity contribution in [2.75, 3.05) is 19.6 Å². The SMILES string of the molecule is CCCNCCNC(=O)/C=C\C(=O)CC. The van der Waals surface area contributed by atoms with E-state index >= 15 is 0 Å². The Hall–Kier alpha value is -1.16. The summed E-state index contributed by atoms with van der Waals surface area (Å²) in [7, 11) is 0. The van der Waals surface area contributed by atoms with Crippen molar-refractivity contribution in [3.63, 3.8) is 0 Å². The zero-order valence-corrected chi connectivity index (χ0v) is 9.51. The van der Waals surface area contributed by atoms with E-state index in [4.69, 9.17) is 0 Å². The van der Waals surface area contributed by atoms with Crippen molar-refractivity contribution in [3.8, 4) is 0 Å². The maximum Gasteiger partial charge on any atom is 0.244 e. The van der Waals surface area contributed by atoms with Crippen LogP contribution in [-0.4, -0.2) is 31.3 Å². The second-order valence-electron chi connectivity index (χ2n) is 3.19. The molecule has 0 radical (unpaired) electrons. The van der Waals surface area contributed by atoms with Gasteiger partial charge in [-0.2, -0.15) is 0 Å². The monoisotopic (exact) mass is 212 g/mol. The first-order chi connectivity index (χ1) is 7.20. The largest absolute Gasteiger partial charge is 0.351 e. The number of carbonyl (C=O) groups is 2. The van der Waals surface area contributed by atoms with Crippen molar-refractivity contribution in [1.29, 1.82) is 0 Å². The van der Waals surface area contributed by atoms with Crippen molar-refractivity contribution in [3.05, 3.63) is 12.2 Å². The highest BCUT2D eigenvalue weighted by Crippen LogP contribution is 1.82. The summed E-state index contributed by atoms with van der Waals surface area (Å²) >= 11 is 0. The van der Waals surface area contributed by atoms with E-state index in [0.29, 0.717) is 13.0 Å². The Kier molecular flexibility index (Phi) is 8.67. The molecule has 0 aliphatic heterocycles. The van der Waals surface area contributed by atoms with Crippen molar-refractivity contribution in [1.82, 2.24) is 10.6 Å². The summed E-state index contributed by atoms with van der Waals surface area (Å²) in [6, 6.07) is 0. The smallest absolute Gasteiger partial charge is 0.244 e. The molecule has 0 fully saturated rings. The van der Waals surface area contributed by atoms with Gasteiger partial charge < -0.3 is 10.6 Å². The standard InChI is InChI=1S/C11H20N2O2/c1-3-7-12-8-9-13-11(15)6-5-10(14)4-2/h5-6,12H,3-4,7-9H2,1-2H3,(H,13,15)/b6-5-. The maximum atomic E-state index is 11.1. The molecule has 4 nitrogen and oxygen atoms in total. The molecule has 2 N–H and O–H groups in total. The zero-order valence-electron chi connectivity index (χ0n) is 9.51. The van der Waals surface area contributed by atoms with E-state index in [-0.39, 0.29) is 11.7 Å². The van der Waals surface area contributed by atoms with Crippen LogP contribution in [0.4, 0.5) is 0 Å². The van der Waals surface area contributed by atoms with Crippen LogP contribution in [0.15, 0.2) is 12.2 Å². The summed E-state index contributed by atoms with van der Waals surface area (Å²) in [5.74, 6) is -0.246. The van der Waals surface area contributed by atoms with Crippen molar-refractivity contribution in [2.45, 2.75) is 26.7 Å². The molecule has 0 aromatic carbocycles. The number of ketones is 1. The van der Waals surface area contributed by atoms with E-state index in [9.17, 15) is 9.59 Å². The van der Waals surface area contributed by atoms with E-state index in [1.165, 1.54) is 12.2 Å². The molecule has 0 aromatic heterocycles. The Bertz CT molecular complexity index is 225. The molecule has 0 saturated carbocycles. The molecule has 0 spiro atoms. The maximum absolute atomic E-state index is 11.1. The summed E-state index contributed by atoms with van der Waals surface area (Å²) in [5.41, 5.74) is 0. The van der Waals surface area contributed by atoms with Gasteiger partial charge in [-0.05, 0) is 19.0 Å². The summed E-state index contributed by atoms with van der Waals surface area (Å²) in [6.07, 6.45) is 4.11. The van der Waals surface area contributed by atoms with Crippen molar-refractivity contribution < 1.29 is 9.59 Å². The third-order valence-corrected chi connectivity index (χ3v) is 1.80. The molecule has 0 aliphatic rings. The highest BCUT2D eigenvalue weighted by Gasteiger charge is 1.95. The molecule has 4 heteroatoms. The van der Waals surface area contributed by atoms with Crippen molar-refractivity contribution >= 4 is 11.7 Å². The van der Waals surface area contributed by atoms with Gasteiger partial charge in [-0.25, -0.2) is 0 Å². The minimum absolute atomic E-state index is 0.0331. The van der Waals surface area contributed by atoms with Gasteiger partial charge in [0.2, 0.25) is 5.91 Å². The van der Waals surface area contributed by atoms with Gasteiger partial charge in [0.15, 0.2) is 5.78 Å². The van der Waals surface area contributed by atoms with Crippen LogP contribution in [0.2, 0.25) is 0 Å². The zero-order chi connectivity index (χ0) is 11.5. The fourth-order valence-corrected chi connectivity index (χ4v) is 0.921. The first-order valence-electron chi connectivity index (χ1n) is 5.40. The van der Waals surface area contributed by atoms with Gasteiger partial charge in [0.1, 0.15) is 0 Å². The molecule has 0 saturated heterocycles. The van der Waals surface area contributed by atoms with Crippen LogP contribution in [0.3, 0.4) is 0 Å². The third kappa shape index (κ3) is 9.15. The lowest BCUT2D eigenvalue weighted by Crippen LogP contribution is -2.31. The number of allylic oxidation sites excluding steroid dienone is 1. The van der Waals surface area contributed by atoms with Gasteiger partial charge in [0.25, 0.3) is 0 Å². The fraction of sp³-hybridized carbons (Fsp3) is 0.636. The van der Waals surface area contributed by atoms with Gasteiger partial charge >= 0.3 is 0 Å². The number of hydrogen-bond donors (Lipinski definition) is 2. The normalized spacial score (nSPS) is 10.5. The first-order valence-corrected chi connectivity index (χ1v) is 5.40. The van der Waals surface area contributed by atoms with E-state index in [1.807, 2.05) is 0 Å². The van der Waals surface area contributed by atoms with Crippen LogP contribution < -0.4 is 10.6 Å². The molecular weight excluding hydrogens is 192 g/mol. The molecule has 0 bridgehead atoms. The number of carbonyl (C=O) groups excluding carboxylic acids is 2. The molecule has 1 amide bonds. The van der Waals surface area contributed by atoms with Crippen LogP contribution in [0.5, 0.6) is 0 Å². The minimum atomic E-state index is -0.213. The molecular formula is C11H20N2O2. The van der Waals surface area contributed by atoms with Gasteiger partial charge in [-0.3, -0.25) is 9.59 Å². The van der Waals surface area contributed by atoms with Gasteiger partial charge in [0.05, 0.1) is 0 Å². The van der Waals surface area contributed by atoms with Crippen LogP contribution in [0, 0.1) is 0 Å². The predicted octanol–water partition coefficient (Wildman–Crippen LogP) is 0.637. The van der Waals surface area contributed by atoms with E-state index in [2.05, 4.69) is 17.6 Å². The lowest BCUT2D eigenvalue weighted by Gasteiger charge is -2.03. The highest BCUT2D eigenvalue weighted by molar-refractivity contribution is 5.97. The number of amides is 1.